The number of nitrogens with zero attached hydrogens (tertiary/aromatic N) is 2. The highest BCUT2D eigenvalue weighted by molar-refractivity contribution is 7.94. The molecule has 3 aromatic carbocycles. The second-order valence-corrected chi connectivity index (χ2v) is 18.9. The summed E-state index contributed by atoms with van der Waals surface area (Å²) in [5.41, 5.74) is 1.70. The van der Waals surface area contributed by atoms with Gasteiger partial charge in [0.25, 0.3) is 0 Å². The molecule has 50 heavy (non-hydrogen) atoms. The number of hydrogen-bond donors (Lipinski definition) is 2. The summed E-state index contributed by atoms with van der Waals surface area (Å²) >= 11 is 12.9. The molecule has 0 bridgehead atoms. The van der Waals surface area contributed by atoms with Crippen molar-refractivity contribution in [3.05, 3.63) is 118 Å². The summed E-state index contributed by atoms with van der Waals surface area (Å²) in [6.45, 7) is 7.38. The molecule has 0 spiro atoms. The fourth-order valence-corrected chi connectivity index (χ4v) is 8.17. The van der Waals surface area contributed by atoms with Crippen LogP contribution < -0.4 is 10.6 Å². The number of sulfone groups is 2. The number of carbonyl (C=O) groups excluding carboxylic acids is 2. The molecular weight excluding hydrogens is 740 g/mol. The minimum atomic E-state index is -3.92. The Morgan fingerprint density at radius 1 is 0.660 bits per heavy atom. The fourth-order valence-electron chi connectivity index (χ4n) is 4.33. The first kappa shape index (κ1) is 38.7. The molecule has 0 saturated heterocycles. The van der Waals surface area contributed by atoms with Crippen molar-refractivity contribution in [2.45, 2.75) is 53.9 Å². The Morgan fingerprint density at radius 3 is 1.58 bits per heavy atom. The summed E-state index contributed by atoms with van der Waals surface area (Å²) in [5.74, 6) is -0.996. The third kappa shape index (κ3) is 8.41. The van der Waals surface area contributed by atoms with Crippen LogP contribution in [0.4, 0.5) is 10.9 Å². The van der Waals surface area contributed by atoms with E-state index < -0.39 is 41.0 Å². The van der Waals surface area contributed by atoms with Crippen molar-refractivity contribution in [3.8, 4) is 11.3 Å². The largest absolute Gasteiger partial charge is 0.309 e. The average molecular weight is 774 g/mol. The van der Waals surface area contributed by atoms with Crippen molar-refractivity contribution in [2.24, 2.45) is 0 Å². The van der Waals surface area contributed by atoms with E-state index in [4.69, 9.17) is 23.2 Å². The molecule has 0 unspecified atom stereocenters. The van der Waals surface area contributed by atoms with E-state index in [1.807, 2.05) is 37.3 Å². The molecule has 2 heterocycles. The first-order chi connectivity index (χ1) is 23.4. The zero-order chi connectivity index (χ0) is 36.9. The quantitative estimate of drug-likeness (QED) is 0.154. The smallest absolute Gasteiger partial charge is 0.247 e. The van der Waals surface area contributed by atoms with Gasteiger partial charge in [-0.15, -0.1) is 11.3 Å². The molecule has 5 rings (SSSR count). The van der Waals surface area contributed by atoms with E-state index in [1.165, 1.54) is 93.8 Å². The van der Waals surface area contributed by atoms with E-state index in [-0.39, 0.29) is 9.79 Å². The molecular formula is C35H34Cl2N4O6S3. The molecule has 0 fully saturated rings. The van der Waals surface area contributed by atoms with Crippen LogP contribution in [0.25, 0.3) is 11.3 Å². The van der Waals surface area contributed by atoms with Crippen LogP contribution in [-0.2, 0) is 29.3 Å². The highest BCUT2D eigenvalue weighted by Gasteiger charge is 2.44. The van der Waals surface area contributed by atoms with E-state index in [0.29, 0.717) is 21.0 Å². The standard InChI is InChI=1S/C20H19ClN2O3S2.C15H15ClN2O3S/c1-13-17(14-7-5-4-6-8-14)22-19(27-13)23-18(24)20(2,3)28(25,26)16-11-9-15(21)10-12-16;1-15(2,14(19)18-13-5-3-4-10-17-13)22(20,21)12-8-6-11(16)7-9-12/h4-12H,1-3H3,(H,22,23,24);3-10H,1-2H3,(H,17,18,19). The fraction of sp³-hybridized carbons (Fsp3) is 0.200. The number of aromatic nitrogens is 2. The first-order valence-corrected chi connectivity index (χ1v) is 19.5. The van der Waals surface area contributed by atoms with Crippen LogP contribution >= 0.6 is 34.5 Å². The molecule has 0 aliphatic rings. The third-order valence-corrected chi connectivity index (χ3v) is 13.9. The van der Waals surface area contributed by atoms with Gasteiger partial charge in [-0.1, -0.05) is 59.6 Å². The van der Waals surface area contributed by atoms with Gasteiger partial charge in [0.05, 0.1) is 15.5 Å². The highest BCUT2D eigenvalue weighted by Crippen LogP contribution is 2.33. The predicted molar refractivity (Wildman–Crippen MR) is 199 cm³/mol. The Bertz CT molecular complexity index is 2190. The third-order valence-electron chi connectivity index (χ3n) is 7.66. The van der Waals surface area contributed by atoms with Gasteiger partial charge in [-0.2, -0.15) is 0 Å². The van der Waals surface area contributed by atoms with Crippen molar-refractivity contribution in [1.82, 2.24) is 9.97 Å². The van der Waals surface area contributed by atoms with E-state index in [1.54, 1.807) is 18.2 Å². The summed E-state index contributed by atoms with van der Waals surface area (Å²) in [5, 5.41) is 6.39. The van der Waals surface area contributed by atoms with Crippen molar-refractivity contribution in [3.63, 3.8) is 0 Å². The Hall–Kier alpha value is -4.14. The number of pyridine rings is 1. The monoisotopic (exact) mass is 772 g/mol. The number of rotatable bonds is 9. The van der Waals surface area contributed by atoms with Crippen LogP contribution in [0.2, 0.25) is 10.0 Å². The molecule has 0 aliphatic carbocycles. The molecule has 0 aliphatic heterocycles. The summed E-state index contributed by atoms with van der Waals surface area (Å²) in [6, 6.07) is 26.1. The van der Waals surface area contributed by atoms with E-state index in [2.05, 4.69) is 20.6 Å². The summed E-state index contributed by atoms with van der Waals surface area (Å²) in [6.07, 6.45) is 1.51. The van der Waals surface area contributed by atoms with Crippen LogP contribution in [0.15, 0.2) is 113 Å². The number of hydrogen-bond acceptors (Lipinski definition) is 9. The molecule has 5 aromatic rings. The Balaban J connectivity index is 0.000000232. The normalized spacial score (nSPS) is 12.0. The lowest BCUT2D eigenvalue weighted by atomic mass is 10.1. The second kappa shape index (κ2) is 15.4. The summed E-state index contributed by atoms with van der Waals surface area (Å²) in [7, 11) is -7.80. The summed E-state index contributed by atoms with van der Waals surface area (Å²) in [4.78, 5) is 34.6. The number of carbonyl (C=O) groups is 2. The molecule has 2 amide bonds. The predicted octanol–water partition coefficient (Wildman–Crippen LogP) is 7.89. The number of halogens is 2. The molecule has 0 atom stereocenters. The van der Waals surface area contributed by atoms with Crippen molar-refractivity contribution < 1.29 is 26.4 Å². The van der Waals surface area contributed by atoms with Crippen molar-refractivity contribution in [1.29, 1.82) is 0 Å². The lowest BCUT2D eigenvalue weighted by molar-refractivity contribution is -0.118. The van der Waals surface area contributed by atoms with Gasteiger partial charge in [-0.25, -0.2) is 26.8 Å². The topological polar surface area (TPSA) is 152 Å². The van der Waals surface area contributed by atoms with Gasteiger partial charge >= 0.3 is 0 Å². The van der Waals surface area contributed by atoms with Gasteiger partial charge in [0.1, 0.15) is 15.3 Å². The Kier molecular flexibility index (Phi) is 11.9. The van der Waals surface area contributed by atoms with Gasteiger partial charge < -0.3 is 10.6 Å². The van der Waals surface area contributed by atoms with Gasteiger partial charge in [-0.05, 0) is 95.3 Å². The van der Waals surface area contributed by atoms with Gasteiger partial charge in [0.2, 0.25) is 11.8 Å². The summed E-state index contributed by atoms with van der Waals surface area (Å²) < 4.78 is 47.9. The van der Waals surface area contributed by atoms with Crippen LogP contribution in [0.1, 0.15) is 32.6 Å². The number of thiazole rings is 1. The van der Waals surface area contributed by atoms with Crippen LogP contribution in [0.3, 0.4) is 0 Å². The number of aryl methyl sites for hydroxylation is 1. The van der Waals surface area contributed by atoms with E-state index in [9.17, 15) is 26.4 Å². The maximum absolute atomic E-state index is 13.0. The van der Waals surface area contributed by atoms with Gasteiger partial charge in [0.15, 0.2) is 24.8 Å². The molecule has 2 N–H and O–H groups in total. The van der Waals surface area contributed by atoms with Crippen molar-refractivity contribution in [2.75, 3.05) is 10.6 Å². The van der Waals surface area contributed by atoms with E-state index in [0.717, 1.165) is 16.1 Å². The average Bonchev–Trinajstić information content (AvgIpc) is 3.45. The van der Waals surface area contributed by atoms with Crippen LogP contribution in [-0.4, -0.2) is 48.1 Å². The van der Waals surface area contributed by atoms with Crippen molar-refractivity contribution >= 4 is 77.0 Å². The lowest BCUT2D eigenvalue weighted by Crippen LogP contribution is -2.44. The SMILES string of the molecule is CC(C)(C(=O)Nc1ccccn1)S(=O)(=O)c1ccc(Cl)cc1.Cc1sc(NC(=O)C(C)(C)S(=O)(=O)c2ccc(Cl)cc2)nc1-c1ccccc1. The highest BCUT2D eigenvalue weighted by atomic mass is 35.5. The minimum Gasteiger partial charge on any atom is -0.309 e. The zero-order valence-electron chi connectivity index (χ0n) is 27.6. The second-order valence-electron chi connectivity index (χ2n) is 11.8. The first-order valence-electron chi connectivity index (χ1n) is 14.9. The number of amides is 2. The minimum absolute atomic E-state index is 0.0392. The lowest BCUT2D eigenvalue weighted by Gasteiger charge is -2.23. The molecule has 0 saturated carbocycles. The van der Waals surface area contributed by atoms with E-state index >= 15 is 0 Å². The zero-order valence-corrected chi connectivity index (χ0v) is 31.6. The Morgan fingerprint density at radius 2 is 1.12 bits per heavy atom. The molecule has 15 heteroatoms. The molecule has 0 radical (unpaired) electrons. The maximum atomic E-state index is 13.0. The number of nitrogens with one attached hydrogen (secondary N) is 2. The van der Waals surface area contributed by atoms with Crippen LogP contribution in [0, 0.1) is 6.92 Å². The van der Waals surface area contributed by atoms with Crippen LogP contribution in [0.5, 0.6) is 0 Å². The number of anilines is 2. The molecule has 10 nitrogen and oxygen atoms in total. The number of benzene rings is 3. The van der Waals surface area contributed by atoms with Gasteiger partial charge in [-0.3, -0.25) is 9.59 Å². The molecule has 262 valence electrons. The Labute approximate surface area is 305 Å². The molecule has 2 aromatic heterocycles. The van der Waals surface area contributed by atoms with Gasteiger partial charge in [0, 0.05) is 26.7 Å². The maximum Gasteiger partial charge on any atom is 0.247 e.